The molecule has 8 aromatic carbocycles. The van der Waals surface area contributed by atoms with Gasteiger partial charge >= 0.3 is 0 Å². The Labute approximate surface area is 343 Å². The first-order chi connectivity index (χ1) is 28.8. The van der Waals surface area contributed by atoms with Gasteiger partial charge in [0.2, 0.25) is 0 Å². The molecule has 0 N–H and O–H groups in total. The van der Waals surface area contributed by atoms with E-state index in [4.69, 9.17) is 0 Å². The van der Waals surface area contributed by atoms with Crippen LogP contribution in [0.2, 0.25) is 0 Å². The zero-order chi connectivity index (χ0) is 38.2. The first kappa shape index (κ1) is 33.1. The smallest absolute Gasteiger partial charge is 0.253 e. The molecule has 0 spiro atoms. The van der Waals surface area contributed by atoms with Crippen LogP contribution in [0.5, 0.6) is 0 Å². The van der Waals surface area contributed by atoms with Gasteiger partial charge in [0, 0.05) is 67.2 Å². The fraction of sp³-hybridized carbons (Fsp3) is 0.0189. The Hall–Kier alpha value is -7.08. The summed E-state index contributed by atoms with van der Waals surface area (Å²) >= 11 is 1.96. The minimum absolute atomic E-state index is 0.0509. The molecular weight excluding hydrogens is 721 g/mol. The topological polar surface area (TPSA) is 9.72 Å². The van der Waals surface area contributed by atoms with Crippen LogP contribution in [0.1, 0.15) is 10.4 Å². The van der Waals surface area contributed by atoms with E-state index in [1.165, 1.54) is 76.5 Å². The average Bonchev–Trinajstić information content (AvgIpc) is 3.84. The van der Waals surface area contributed by atoms with E-state index in [9.17, 15) is 0 Å². The normalized spacial score (nSPS) is 13.6. The average molecular weight is 758 g/mol. The molecule has 0 bridgehead atoms. The predicted octanol–water partition coefficient (Wildman–Crippen LogP) is 13.1. The van der Waals surface area contributed by atoms with Gasteiger partial charge < -0.3 is 14.7 Å². The Morgan fingerprint density at radius 3 is 1.81 bits per heavy atom. The Balaban J connectivity index is 1.13. The third kappa shape index (κ3) is 5.07. The highest BCUT2D eigenvalue weighted by Crippen LogP contribution is 2.53. The van der Waals surface area contributed by atoms with E-state index in [0.29, 0.717) is 0 Å². The number of para-hydroxylation sites is 3. The Morgan fingerprint density at radius 2 is 1.07 bits per heavy atom. The molecule has 1 aromatic heterocycles. The Kier molecular flexibility index (Phi) is 7.57. The molecular formula is C53H36BN3S. The number of anilines is 8. The maximum atomic E-state index is 2.59. The summed E-state index contributed by atoms with van der Waals surface area (Å²) in [5, 5.41) is 1.37. The van der Waals surface area contributed by atoms with Crippen LogP contribution >= 0.6 is 11.3 Å². The molecule has 12 rings (SSSR count). The van der Waals surface area contributed by atoms with Crippen LogP contribution in [0.15, 0.2) is 212 Å². The van der Waals surface area contributed by atoms with Crippen molar-refractivity contribution in [1.82, 2.24) is 0 Å². The van der Waals surface area contributed by atoms with Crippen molar-refractivity contribution < 1.29 is 0 Å². The van der Waals surface area contributed by atoms with E-state index in [-0.39, 0.29) is 6.71 Å². The monoisotopic (exact) mass is 757 g/mol. The molecule has 1 aliphatic carbocycles. The van der Waals surface area contributed by atoms with E-state index in [1.807, 2.05) is 11.3 Å². The third-order valence-electron chi connectivity index (χ3n) is 12.1. The highest BCUT2D eigenvalue weighted by atomic mass is 32.1. The van der Waals surface area contributed by atoms with Crippen molar-refractivity contribution in [2.75, 3.05) is 14.7 Å². The van der Waals surface area contributed by atoms with E-state index >= 15 is 0 Å². The third-order valence-corrected chi connectivity index (χ3v) is 13.3. The van der Waals surface area contributed by atoms with E-state index in [2.05, 4.69) is 221 Å². The zero-order valence-corrected chi connectivity index (χ0v) is 32.5. The number of hydrogen-bond acceptors (Lipinski definition) is 4. The molecule has 0 amide bonds. The first-order valence-corrected chi connectivity index (χ1v) is 20.8. The second-order valence-electron chi connectivity index (χ2n) is 15.3. The standard InChI is InChI=1S/C53H36BN3S/c1-5-17-36(18-6-1)37-19-15-26-41(33-37)57-47-29-16-28-46-51(47)54(52-49(57)35-44-43-27-13-14-30-50(43)58-53(44)52)45-32-31-42(34-48(45)56(46)40-24-11-4-12-25-40)55(38-20-7-2-8-21-38)39-22-9-3-10-23-39/h1-34H,35H2. The highest BCUT2D eigenvalue weighted by Gasteiger charge is 2.48. The van der Waals surface area contributed by atoms with Gasteiger partial charge in [-0.2, -0.15) is 0 Å². The van der Waals surface area contributed by atoms with Gasteiger partial charge in [-0.3, -0.25) is 0 Å². The lowest BCUT2D eigenvalue weighted by molar-refractivity contribution is 1.09. The number of allylic oxidation sites excluding steroid dienone is 1. The van der Waals surface area contributed by atoms with Gasteiger partial charge in [-0.25, -0.2) is 0 Å². The molecule has 0 fully saturated rings. The minimum atomic E-state index is 0.0509. The number of benzene rings is 8. The van der Waals surface area contributed by atoms with Crippen molar-refractivity contribution in [3.05, 3.63) is 222 Å². The predicted molar refractivity (Wildman–Crippen MR) is 247 cm³/mol. The van der Waals surface area contributed by atoms with Crippen LogP contribution in [0.3, 0.4) is 0 Å². The van der Waals surface area contributed by atoms with Crippen LogP contribution in [-0.2, 0) is 6.42 Å². The summed E-state index contributed by atoms with van der Waals surface area (Å²) < 4.78 is 1.36. The number of rotatable bonds is 6. The van der Waals surface area contributed by atoms with Crippen molar-refractivity contribution >= 4 is 90.0 Å². The van der Waals surface area contributed by atoms with Crippen molar-refractivity contribution in [1.29, 1.82) is 0 Å². The molecule has 0 unspecified atom stereocenters. The summed E-state index contributed by atoms with van der Waals surface area (Å²) in [6, 6.07) is 75.4. The summed E-state index contributed by atoms with van der Waals surface area (Å²) in [7, 11) is 0. The Morgan fingerprint density at radius 1 is 0.466 bits per heavy atom. The van der Waals surface area contributed by atoms with Gasteiger partial charge in [-0.15, -0.1) is 11.3 Å². The van der Waals surface area contributed by atoms with Gasteiger partial charge in [0.25, 0.3) is 6.71 Å². The van der Waals surface area contributed by atoms with Crippen molar-refractivity contribution in [2.24, 2.45) is 0 Å². The fourth-order valence-electron chi connectivity index (χ4n) is 9.66. The van der Waals surface area contributed by atoms with Gasteiger partial charge in [-0.1, -0.05) is 127 Å². The zero-order valence-electron chi connectivity index (χ0n) is 31.7. The van der Waals surface area contributed by atoms with E-state index in [0.717, 1.165) is 29.2 Å². The van der Waals surface area contributed by atoms with Gasteiger partial charge in [0.1, 0.15) is 0 Å². The molecule has 5 heteroatoms. The van der Waals surface area contributed by atoms with Crippen molar-refractivity contribution in [2.45, 2.75) is 6.42 Å². The number of thiophene rings is 1. The molecule has 0 saturated carbocycles. The lowest BCUT2D eigenvalue weighted by atomic mass is 9.33. The molecule has 272 valence electrons. The summed E-state index contributed by atoms with van der Waals surface area (Å²) in [4.78, 5) is 8.90. The minimum Gasteiger partial charge on any atom is -0.315 e. The molecule has 0 saturated heterocycles. The maximum absolute atomic E-state index is 2.59. The second-order valence-corrected chi connectivity index (χ2v) is 16.3. The first-order valence-electron chi connectivity index (χ1n) is 20.0. The lowest BCUT2D eigenvalue weighted by Crippen LogP contribution is -2.55. The van der Waals surface area contributed by atoms with Crippen LogP contribution in [0.25, 0.3) is 26.7 Å². The molecule has 3 heterocycles. The van der Waals surface area contributed by atoms with Crippen LogP contribution in [0.4, 0.5) is 45.5 Å². The largest absolute Gasteiger partial charge is 0.315 e. The molecule has 58 heavy (non-hydrogen) atoms. The van der Waals surface area contributed by atoms with Crippen LogP contribution in [0, 0.1) is 0 Å². The fourth-order valence-corrected chi connectivity index (χ4v) is 11.0. The molecule has 3 aliphatic rings. The summed E-state index contributed by atoms with van der Waals surface area (Å²) in [6.45, 7) is 0.0509. The quantitative estimate of drug-likeness (QED) is 0.156. The van der Waals surface area contributed by atoms with Gasteiger partial charge in [0.15, 0.2) is 0 Å². The number of fused-ring (bicyclic) bond motifs is 7. The summed E-state index contributed by atoms with van der Waals surface area (Å²) in [6.07, 6.45) is 0.885. The summed E-state index contributed by atoms with van der Waals surface area (Å²) in [5.74, 6) is 0. The lowest BCUT2D eigenvalue weighted by Gasteiger charge is -2.44. The molecule has 9 aromatic rings. The molecule has 3 nitrogen and oxygen atoms in total. The van der Waals surface area contributed by atoms with Crippen molar-refractivity contribution in [3.8, 4) is 11.1 Å². The van der Waals surface area contributed by atoms with Gasteiger partial charge in [-0.05, 0) is 117 Å². The van der Waals surface area contributed by atoms with Crippen LogP contribution in [-0.4, -0.2) is 6.71 Å². The summed E-state index contributed by atoms with van der Waals surface area (Å²) in [5.41, 5.74) is 18.8. The SMILES string of the molecule is c1ccc(-c2cccc(N3C4=C(B5c6ccc(N(c7ccccc7)c7ccccc7)cc6N(c6ccccc6)c6cccc3c65)c3sc5ccccc5c3C4)c2)cc1. The highest BCUT2D eigenvalue weighted by molar-refractivity contribution is 7.23. The number of nitrogens with zero attached hydrogens (tertiary/aromatic N) is 3. The van der Waals surface area contributed by atoms with Gasteiger partial charge in [0.05, 0.1) is 0 Å². The van der Waals surface area contributed by atoms with E-state index < -0.39 is 0 Å². The van der Waals surface area contributed by atoms with Crippen LogP contribution < -0.4 is 25.6 Å². The second kappa shape index (κ2) is 13.3. The van der Waals surface area contributed by atoms with E-state index in [1.54, 1.807) is 0 Å². The molecule has 0 atom stereocenters. The molecule has 2 aliphatic heterocycles. The Bertz CT molecular complexity index is 3010. The number of hydrogen-bond donors (Lipinski definition) is 0. The molecule has 0 radical (unpaired) electrons. The maximum Gasteiger partial charge on any atom is 0.253 e. The van der Waals surface area contributed by atoms with Crippen molar-refractivity contribution in [3.63, 3.8) is 0 Å².